The molecule has 0 N–H and O–H groups in total. The zero-order valence-corrected chi connectivity index (χ0v) is 17.1. The van der Waals surface area contributed by atoms with Crippen molar-refractivity contribution < 1.29 is 9.53 Å². The highest BCUT2D eigenvalue weighted by Gasteiger charge is 2.14. The van der Waals surface area contributed by atoms with E-state index in [-0.39, 0.29) is 5.78 Å². The third kappa shape index (κ3) is 4.51. The molecule has 0 bridgehead atoms. The summed E-state index contributed by atoms with van der Waals surface area (Å²) in [5.74, 6) is 1.18. The highest BCUT2D eigenvalue weighted by Crippen LogP contribution is 2.25. The minimum atomic E-state index is 0.0827. The number of ketones is 1. The molecular formula is C24H22N2O2S. The fraction of sp³-hybridized carbons (Fsp3) is 0.167. The Hall–Kier alpha value is -3.05. The molecule has 0 amide bonds. The minimum absolute atomic E-state index is 0.0827. The molecule has 0 radical (unpaired) electrons. The lowest BCUT2D eigenvalue weighted by atomic mass is 10.1. The lowest BCUT2D eigenvalue weighted by Crippen LogP contribution is -2.06. The smallest absolute Gasteiger partial charge is 0.173 e. The van der Waals surface area contributed by atoms with Gasteiger partial charge in [-0.15, -0.1) is 0 Å². The maximum Gasteiger partial charge on any atom is 0.173 e. The SMILES string of the molecule is COc1ccc(C(=O)CSc2nc3ccccc3n2CCc2ccccc2)cc1. The molecule has 4 rings (SSSR count). The number of aryl methyl sites for hydroxylation is 2. The number of rotatable bonds is 8. The second-order valence-electron chi connectivity index (χ2n) is 6.71. The van der Waals surface area contributed by atoms with Crippen LogP contribution in [0.4, 0.5) is 0 Å². The summed E-state index contributed by atoms with van der Waals surface area (Å²) in [5, 5.41) is 0.879. The van der Waals surface area contributed by atoms with E-state index >= 15 is 0 Å². The summed E-state index contributed by atoms with van der Waals surface area (Å²) in [5.41, 5.74) is 4.03. The number of fused-ring (bicyclic) bond motifs is 1. The Morgan fingerprint density at radius 2 is 1.69 bits per heavy atom. The standard InChI is InChI=1S/C24H22N2O2S/c1-28-20-13-11-19(12-14-20)23(27)17-29-24-25-21-9-5-6-10-22(21)26(24)16-15-18-7-3-2-4-8-18/h2-14H,15-17H2,1H3. The van der Waals surface area contributed by atoms with Crippen LogP contribution in [0.5, 0.6) is 5.75 Å². The molecule has 0 aliphatic rings. The second-order valence-corrected chi connectivity index (χ2v) is 7.65. The Kier molecular flexibility index (Phi) is 5.96. The molecule has 0 aliphatic carbocycles. The first-order chi connectivity index (χ1) is 14.2. The van der Waals surface area contributed by atoms with Crippen LogP contribution < -0.4 is 4.74 Å². The van der Waals surface area contributed by atoms with E-state index in [0.717, 1.165) is 34.9 Å². The highest BCUT2D eigenvalue weighted by molar-refractivity contribution is 7.99. The van der Waals surface area contributed by atoms with E-state index in [0.29, 0.717) is 11.3 Å². The van der Waals surface area contributed by atoms with Gasteiger partial charge in [0.25, 0.3) is 0 Å². The van der Waals surface area contributed by atoms with Crippen LogP contribution in [-0.4, -0.2) is 28.2 Å². The minimum Gasteiger partial charge on any atom is -0.497 e. The summed E-state index contributed by atoms with van der Waals surface area (Å²) in [6, 6.07) is 25.8. The average molecular weight is 403 g/mol. The molecule has 4 aromatic rings. The van der Waals surface area contributed by atoms with Crippen molar-refractivity contribution in [2.24, 2.45) is 0 Å². The summed E-state index contributed by atoms with van der Waals surface area (Å²) < 4.78 is 7.38. The van der Waals surface area contributed by atoms with Crippen molar-refractivity contribution in [1.82, 2.24) is 9.55 Å². The van der Waals surface area contributed by atoms with Crippen molar-refractivity contribution in [3.63, 3.8) is 0 Å². The van der Waals surface area contributed by atoms with Crippen LogP contribution >= 0.6 is 11.8 Å². The van der Waals surface area contributed by atoms with E-state index in [1.807, 2.05) is 36.4 Å². The third-order valence-corrected chi connectivity index (χ3v) is 5.81. The highest BCUT2D eigenvalue weighted by atomic mass is 32.2. The largest absolute Gasteiger partial charge is 0.497 e. The van der Waals surface area contributed by atoms with Gasteiger partial charge in [-0.25, -0.2) is 4.98 Å². The molecule has 146 valence electrons. The number of carbonyl (C=O) groups excluding carboxylic acids is 1. The third-order valence-electron chi connectivity index (χ3n) is 4.83. The number of ether oxygens (including phenoxy) is 1. The lowest BCUT2D eigenvalue weighted by molar-refractivity contribution is 0.102. The van der Waals surface area contributed by atoms with Crippen LogP contribution in [0.25, 0.3) is 11.0 Å². The summed E-state index contributed by atoms with van der Waals surface area (Å²) >= 11 is 1.49. The Morgan fingerprint density at radius 3 is 2.45 bits per heavy atom. The van der Waals surface area contributed by atoms with E-state index in [1.165, 1.54) is 17.3 Å². The number of imidazole rings is 1. The Labute approximate surface area is 174 Å². The maximum atomic E-state index is 12.6. The number of carbonyl (C=O) groups is 1. The lowest BCUT2D eigenvalue weighted by Gasteiger charge is -2.09. The number of Topliss-reactive ketones (excluding diaryl/α,β-unsaturated/α-hetero) is 1. The number of benzene rings is 3. The van der Waals surface area contributed by atoms with Crippen LogP contribution in [0, 0.1) is 0 Å². The van der Waals surface area contributed by atoms with Gasteiger partial charge in [0.15, 0.2) is 10.9 Å². The number of methoxy groups -OCH3 is 1. The predicted octanol–water partition coefficient (Wildman–Crippen LogP) is 5.26. The first kappa shape index (κ1) is 19.3. The number of nitrogens with zero attached hydrogens (tertiary/aromatic N) is 2. The molecule has 3 aromatic carbocycles. The van der Waals surface area contributed by atoms with Crippen LogP contribution in [-0.2, 0) is 13.0 Å². The molecule has 0 spiro atoms. The molecule has 0 atom stereocenters. The van der Waals surface area contributed by atoms with Gasteiger partial charge in [-0.05, 0) is 48.4 Å². The number of para-hydroxylation sites is 2. The number of thioether (sulfide) groups is 1. The summed E-state index contributed by atoms with van der Waals surface area (Å²) in [7, 11) is 1.62. The van der Waals surface area contributed by atoms with Gasteiger partial charge in [0.05, 0.1) is 23.9 Å². The van der Waals surface area contributed by atoms with Gasteiger partial charge < -0.3 is 9.30 Å². The van der Waals surface area contributed by atoms with Crippen molar-refractivity contribution in [2.45, 2.75) is 18.1 Å². The fourth-order valence-electron chi connectivity index (χ4n) is 3.26. The number of hydrogen-bond donors (Lipinski definition) is 0. The fourth-order valence-corrected chi connectivity index (χ4v) is 4.19. The van der Waals surface area contributed by atoms with Crippen molar-refractivity contribution in [3.8, 4) is 5.75 Å². The van der Waals surface area contributed by atoms with Gasteiger partial charge in [-0.3, -0.25) is 4.79 Å². The van der Waals surface area contributed by atoms with E-state index in [1.54, 1.807) is 19.2 Å². The molecule has 29 heavy (non-hydrogen) atoms. The first-order valence-corrected chi connectivity index (χ1v) is 10.5. The van der Waals surface area contributed by atoms with Gasteiger partial charge in [0.2, 0.25) is 0 Å². The van der Waals surface area contributed by atoms with Crippen LogP contribution in [0.2, 0.25) is 0 Å². The zero-order chi connectivity index (χ0) is 20.1. The van der Waals surface area contributed by atoms with Crippen LogP contribution in [0.3, 0.4) is 0 Å². The van der Waals surface area contributed by atoms with Crippen molar-refractivity contribution in [2.75, 3.05) is 12.9 Å². The molecule has 0 saturated carbocycles. The molecule has 0 saturated heterocycles. The Balaban J connectivity index is 1.52. The average Bonchev–Trinajstić information content (AvgIpc) is 3.14. The van der Waals surface area contributed by atoms with E-state index in [2.05, 4.69) is 34.9 Å². The zero-order valence-electron chi connectivity index (χ0n) is 16.2. The summed E-state index contributed by atoms with van der Waals surface area (Å²) in [6.07, 6.45) is 0.918. The molecular weight excluding hydrogens is 380 g/mol. The summed E-state index contributed by atoms with van der Waals surface area (Å²) in [4.78, 5) is 17.4. The number of hydrogen-bond acceptors (Lipinski definition) is 4. The molecule has 4 nitrogen and oxygen atoms in total. The molecule has 5 heteroatoms. The number of aromatic nitrogens is 2. The van der Waals surface area contributed by atoms with Gasteiger partial charge in [-0.1, -0.05) is 54.2 Å². The van der Waals surface area contributed by atoms with Gasteiger partial charge in [0.1, 0.15) is 5.75 Å². The van der Waals surface area contributed by atoms with Crippen LogP contribution in [0.15, 0.2) is 84.0 Å². The van der Waals surface area contributed by atoms with Crippen molar-refractivity contribution >= 4 is 28.6 Å². The van der Waals surface area contributed by atoms with Gasteiger partial charge in [-0.2, -0.15) is 0 Å². The molecule has 0 unspecified atom stereocenters. The quantitative estimate of drug-likeness (QED) is 0.298. The van der Waals surface area contributed by atoms with Gasteiger partial charge >= 0.3 is 0 Å². The predicted molar refractivity (Wildman–Crippen MR) is 118 cm³/mol. The van der Waals surface area contributed by atoms with E-state index in [9.17, 15) is 4.79 Å². The Bertz CT molecular complexity index is 1100. The molecule has 0 fully saturated rings. The van der Waals surface area contributed by atoms with E-state index in [4.69, 9.17) is 9.72 Å². The van der Waals surface area contributed by atoms with Crippen molar-refractivity contribution in [1.29, 1.82) is 0 Å². The van der Waals surface area contributed by atoms with Crippen molar-refractivity contribution in [3.05, 3.63) is 90.0 Å². The Morgan fingerprint density at radius 1 is 0.966 bits per heavy atom. The molecule has 1 heterocycles. The maximum absolute atomic E-state index is 12.6. The normalized spacial score (nSPS) is 10.9. The van der Waals surface area contributed by atoms with E-state index < -0.39 is 0 Å². The topological polar surface area (TPSA) is 44.1 Å². The summed E-state index contributed by atoms with van der Waals surface area (Å²) in [6.45, 7) is 0.823. The second kappa shape index (κ2) is 8.97. The monoisotopic (exact) mass is 402 g/mol. The molecule has 1 aromatic heterocycles. The van der Waals surface area contributed by atoms with Crippen LogP contribution in [0.1, 0.15) is 15.9 Å². The molecule has 0 aliphatic heterocycles. The van der Waals surface area contributed by atoms with Gasteiger partial charge in [0, 0.05) is 12.1 Å². The first-order valence-electron chi connectivity index (χ1n) is 9.54.